The molecule has 1 aliphatic rings. The first-order valence-electron chi connectivity index (χ1n) is 5.61. The second-order valence-corrected chi connectivity index (χ2v) is 4.35. The van der Waals surface area contributed by atoms with E-state index in [0.717, 1.165) is 0 Å². The fourth-order valence-corrected chi connectivity index (χ4v) is 1.66. The molecule has 1 rings (SSSR count). The van der Waals surface area contributed by atoms with Gasteiger partial charge in [0.05, 0.1) is 19.3 Å². The molecule has 0 radical (unpaired) electrons. The van der Waals surface area contributed by atoms with Crippen LogP contribution < -0.4 is 5.32 Å². The van der Waals surface area contributed by atoms with Crippen molar-refractivity contribution in [1.82, 2.24) is 5.32 Å². The van der Waals surface area contributed by atoms with Crippen molar-refractivity contribution in [1.29, 1.82) is 0 Å². The molecule has 0 aromatic heterocycles. The van der Waals surface area contributed by atoms with Crippen molar-refractivity contribution in [3.63, 3.8) is 0 Å². The highest BCUT2D eigenvalue weighted by molar-refractivity contribution is 5.85. The van der Waals surface area contributed by atoms with Gasteiger partial charge in [0.25, 0.3) is 5.91 Å². The molecule has 1 heterocycles. The molecule has 0 spiro atoms. The van der Waals surface area contributed by atoms with Crippen LogP contribution in [0.3, 0.4) is 0 Å². The van der Waals surface area contributed by atoms with Gasteiger partial charge in [-0.15, -0.1) is 0 Å². The Hall–Kier alpha value is -1.14. The van der Waals surface area contributed by atoms with Crippen LogP contribution >= 0.6 is 0 Å². The Morgan fingerprint density at radius 3 is 2.65 bits per heavy atom. The Balaban J connectivity index is 2.65. The average Bonchev–Trinajstić information content (AvgIpc) is 2.76. The third kappa shape index (κ3) is 2.95. The summed E-state index contributed by atoms with van der Waals surface area (Å²) < 4.78 is 10.2. The zero-order chi connectivity index (χ0) is 13.1. The van der Waals surface area contributed by atoms with E-state index in [4.69, 9.17) is 14.6 Å². The predicted molar refractivity (Wildman–Crippen MR) is 59.6 cm³/mol. The third-order valence-electron chi connectivity index (χ3n) is 3.32. The number of carboxylic acid groups (broad SMARTS) is 1. The summed E-state index contributed by atoms with van der Waals surface area (Å²) in [6.45, 7) is 3.87. The van der Waals surface area contributed by atoms with Crippen molar-refractivity contribution in [3.8, 4) is 0 Å². The maximum atomic E-state index is 12.0. The summed E-state index contributed by atoms with van der Waals surface area (Å²) in [5, 5.41) is 11.6. The summed E-state index contributed by atoms with van der Waals surface area (Å²) >= 11 is 0. The molecule has 0 bridgehead atoms. The Bertz CT molecular complexity index is 300. The number of rotatable bonds is 5. The number of carbonyl (C=O) groups is 2. The monoisotopic (exact) mass is 245 g/mol. The molecule has 6 nitrogen and oxygen atoms in total. The standard InChI is InChI=1S/C11H19NO5/c1-4-11(2,16-3)10(15)12-8-6-17-5-7(8)9(13)14/h7-8H,4-6H2,1-3H3,(H,12,15)(H,13,14). The smallest absolute Gasteiger partial charge is 0.311 e. The predicted octanol–water partition coefficient (Wildman–Crippen LogP) is 0.0173. The normalized spacial score (nSPS) is 27.5. The van der Waals surface area contributed by atoms with E-state index < -0.39 is 23.5 Å². The van der Waals surface area contributed by atoms with Crippen LogP contribution in [0.25, 0.3) is 0 Å². The molecule has 0 aromatic carbocycles. The number of nitrogens with one attached hydrogen (secondary N) is 1. The van der Waals surface area contributed by atoms with E-state index in [1.54, 1.807) is 6.92 Å². The highest BCUT2D eigenvalue weighted by atomic mass is 16.5. The fourth-order valence-electron chi connectivity index (χ4n) is 1.66. The van der Waals surface area contributed by atoms with Crippen LogP contribution in [0.5, 0.6) is 0 Å². The van der Waals surface area contributed by atoms with Crippen LogP contribution in [0, 0.1) is 5.92 Å². The molecule has 98 valence electrons. The molecule has 1 fully saturated rings. The molecule has 1 aliphatic heterocycles. The highest BCUT2D eigenvalue weighted by Crippen LogP contribution is 2.18. The van der Waals surface area contributed by atoms with E-state index in [9.17, 15) is 9.59 Å². The van der Waals surface area contributed by atoms with Crippen molar-refractivity contribution in [2.24, 2.45) is 5.92 Å². The number of methoxy groups -OCH3 is 1. The number of hydrogen-bond acceptors (Lipinski definition) is 4. The first-order valence-corrected chi connectivity index (χ1v) is 5.61. The number of hydrogen-bond donors (Lipinski definition) is 2. The van der Waals surface area contributed by atoms with Crippen LogP contribution in [0.1, 0.15) is 20.3 Å². The average molecular weight is 245 g/mol. The lowest BCUT2D eigenvalue weighted by Gasteiger charge is -2.27. The van der Waals surface area contributed by atoms with E-state index in [1.807, 2.05) is 6.92 Å². The summed E-state index contributed by atoms with van der Waals surface area (Å²) in [6.07, 6.45) is 0.515. The summed E-state index contributed by atoms with van der Waals surface area (Å²) in [4.78, 5) is 22.9. The minimum atomic E-state index is -0.955. The molecular formula is C11H19NO5. The van der Waals surface area contributed by atoms with Gasteiger partial charge in [0, 0.05) is 7.11 Å². The minimum absolute atomic E-state index is 0.135. The van der Waals surface area contributed by atoms with Crippen LogP contribution in [-0.2, 0) is 19.1 Å². The van der Waals surface area contributed by atoms with Gasteiger partial charge in [-0.1, -0.05) is 6.92 Å². The van der Waals surface area contributed by atoms with E-state index in [-0.39, 0.29) is 19.1 Å². The second-order valence-electron chi connectivity index (χ2n) is 4.35. The lowest BCUT2D eigenvalue weighted by atomic mass is 9.99. The largest absolute Gasteiger partial charge is 0.481 e. The minimum Gasteiger partial charge on any atom is -0.481 e. The first-order chi connectivity index (χ1) is 7.94. The molecule has 3 unspecified atom stereocenters. The number of ether oxygens (including phenoxy) is 2. The van der Waals surface area contributed by atoms with Crippen LogP contribution in [0.4, 0.5) is 0 Å². The molecule has 2 N–H and O–H groups in total. The first kappa shape index (κ1) is 13.9. The summed E-state index contributed by atoms with van der Waals surface area (Å²) in [5.74, 6) is -1.94. The van der Waals surface area contributed by atoms with Gasteiger partial charge in [-0.2, -0.15) is 0 Å². The zero-order valence-electron chi connectivity index (χ0n) is 10.4. The molecule has 0 saturated carbocycles. The second kappa shape index (κ2) is 5.46. The molecular weight excluding hydrogens is 226 g/mol. The zero-order valence-corrected chi connectivity index (χ0v) is 10.4. The maximum Gasteiger partial charge on any atom is 0.311 e. The summed E-state index contributed by atoms with van der Waals surface area (Å²) in [5.41, 5.74) is -0.925. The van der Waals surface area contributed by atoms with E-state index in [0.29, 0.717) is 6.42 Å². The number of amides is 1. The van der Waals surface area contributed by atoms with E-state index in [2.05, 4.69) is 5.32 Å². The molecule has 3 atom stereocenters. The molecule has 6 heteroatoms. The molecule has 1 saturated heterocycles. The van der Waals surface area contributed by atoms with E-state index >= 15 is 0 Å². The van der Waals surface area contributed by atoms with Crippen molar-refractivity contribution < 1.29 is 24.2 Å². The molecule has 0 aliphatic carbocycles. The number of aliphatic carboxylic acids is 1. The lowest BCUT2D eigenvalue weighted by molar-refractivity contribution is -0.145. The van der Waals surface area contributed by atoms with Crippen molar-refractivity contribution in [3.05, 3.63) is 0 Å². The van der Waals surface area contributed by atoms with E-state index in [1.165, 1.54) is 7.11 Å². The van der Waals surface area contributed by atoms with Crippen molar-refractivity contribution in [2.75, 3.05) is 20.3 Å². The van der Waals surface area contributed by atoms with Gasteiger partial charge in [0.2, 0.25) is 0 Å². The van der Waals surface area contributed by atoms with Gasteiger partial charge >= 0.3 is 5.97 Å². The topological polar surface area (TPSA) is 84.9 Å². The Morgan fingerprint density at radius 2 is 2.18 bits per heavy atom. The summed E-state index contributed by atoms with van der Waals surface area (Å²) in [6, 6.07) is -0.485. The third-order valence-corrected chi connectivity index (χ3v) is 3.32. The van der Waals surface area contributed by atoms with Crippen molar-refractivity contribution >= 4 is 11.9 Å². The van der Waals surface area contributed by atoms with Crippen molar-refractivity contribution in [2.45, 2.75) is 31.9 Å². The summed E-state index contributed by atoms with van der Waals surface area (Å²) in [7, 11) is 1.46. The lowest BCUT2D eigenvalue weighted by Crippen LogP contribution is -2.52. The maximum absolute atomic E-state index is 12.0. The Morgan fingerprint density at radius 1 is 1.53 bits per heavy atom. The van der Waals surface area contributed by atoms with Crippen LogP contribution in [0.2, 0.25) is 0 Å². The van der Waals surface area contributed by atoms with Gasteiger partial charge in [-0.3, -0.25) is 9.59 Å². The molecule has 0 aromatic rings. The number of carbonyl (C=O) groups excluding carboxylic acids is 1. The molecule has 1 amide bonds. The highest BCUT2D eigenvalue weighted by Gasteiger charge is 2.39. The van der Waals surface area contributed by atoms with Gasteiger partial charge in [0.1, 0.15) is 11.5 Å². The van der Waals surface area contributed by atoms with Gasteiger partial charge < -0.3 is 19.9 Å². The Kier molecular flexibility index (Phi) is 4.47. The SMILES string of the molecule is CCC(C)(OC)C(=O)NC1COCC1C(=O)O. The fraction of sp³-hybridized carbons (Fsp3) is 0.818. The van der Waals surface area contributed by atoms with Crippen LogP contribution in [-0.4, -0.2) is 48.9 Å². The van der Waals surface area contributed by atoms with Gasteiger partial charge in [0.15, 0.2) is 0 Å². The van der Waals surface area contributed by atoms with Gasteiger partial charge in [-0.05, 0) is 13.3 Å². The van der Waals surface area contributed by atoms with Gasteiger partial charge in [-0.25, -0.2) is 0 Å². The molecule has 17 heavy (non-hydrogen) atoms. The number of carboxylic acids is 1. The Labute approximate surface area is 100 Å². The quantitative estimate of drug-likeness (QED) is 0.713. The van der Waals surface area contributed by atoms with Crippen LogP contribution in [0.15, 0.2) is 0 Å².